The van der Waals surface area contributed by atoms with Gasteiger partial charge in [-0.2, -0.15) is 0 Å². The fourth-order valence-electron chi connectivity index (χ4n) is 3.39. The van der Waals surface area contributed by atoms with E-state index >= 15 is 0 Å². The Bertz CT molecular complexity index is 1230. The number of β-lactam (4-membered cyclic amide) rings is 1. The molecule has 2 aliphatic heterocycles. The molecule has 1 saturated heterocycles. The second kappa shape index (κ2) is 9.25. The molecular formula is C19H16IN5O5S3. The first kappa shape index (κ1) is 24.0. The summed E-state index contributed by atoms with van der Waals surface area (Å²) in [6.45, 7) is 0. The molecule has 33 heavy (non-hydrogen) atoms. The van der Waals surface area contributed by atoms with Crippen molar-refractivity contribution in [1.82, 2.24) is 9.88 Å². The number of nitrogens with zero attached hydrogens (tertiary/aromatic N) is 3. The molecule has 1 unspecified atom stereocenters. The van der Waals surface area contributed by atoms with Crippen LogP contribution in [0.4, 0.5) is 5.13 Å². The fourth-order valence-corrected chi connectivity index (χ4v) is 7.22. The van der Waals surface area contributed by atoms with E-state index in [9.17, 15) is 19.5 Å². The first-order valence-corrected chi connectivity index (χ1v) is 13.0. The third-order valence-corrected chi connectivity index (χ3v) is 9.56. The topological polar surface area (TPSA) is 161 Å². The number of nitrogens with two attached hydrogens (primary N) is 2. The minimum atomic E-state index is -2.02. The normalized spacial score (nSPS) is 22.6. The van der Waals surface area contributed by atoms with Gasteiger partial charge < -0.3 is 21.4 Å². The lowest BCUT2D eigenvalue weighted by Crippen LogP contribution is -2.82. The van der Waals surface area contributed by atoms with Gasteiger partial charge in [-0.25, -0.2) is 9.78 Å². The van der Waals surface area contributed by atoms with Crippen LogP contribution in [-0.2, 0) is 19.2 Å². The number of amides is 1. The molecule has 4 rings (SSSR count). The molecule has 0 radical (unpaired) electrons. The lowest BCUT2D eigenvalue weighted by molar-refractivity contribution is -0.157. The molecule has 0 spiro atoms. The van der Waals surface area contributed by atoms with E-state index in [-0.39, 0.29) is 28.0 Å². The molecule has 0 bridgehead atoms. The van der Waals surface area contributed by atoms with Gasteiger partial charge in [-0.3, -0.25) is 14.5 Å². The van der Waals surface area contributed by atoms with Gasteiger partial charge >= 0.3 is 5.97 Å². The molecule has 1 fully saturated rings. The summed E-state index contributed by atoms with van der Waals surface area (Å²) in [5.41, 5.74) is 9.68. The number of Topliss-reactive ketones (excluding diaryl/α,β-unsaturated/α-hetero) is 1. The lowest BCUT2D eigenvalue weighted by atomic mass is 9.81. The average molecular weight is 617 g/mol. The quantitative estimate of drug-likeness (QED) is 0.138. The summed E-state index contributed by atoms with van der Waals surface area (Å²) < 4.78 is 0.950. The number of thiazole rings is 1. The van der Waals surface area contributed by atoms with E-state index in [0.717, 1.165) is 24.7 Å². The van der Waals surface area contributed by atoms with Gasteiger partial charge in [0, 0.05) is 24.5 Å². The van der Waals surface area contributed by atoms with Crippen LogP contribution in [0.25, 0.3) is 0 Å². The number of carboxylic acids is 1. The maximum atomic E-state index is 13.4. The number of carboxylic acid groups (broad SMARTS) is 1. The van der Waals surface area contributed by atoms with E-state index in [1.165, 1.54) is 36.0 Å². The highest BCUT2D eigenvalue weighted by molar-refractivity contribution is 14.1. The zero-order valence-corrected chi connectivity index (χ0v) is 21.5. The third kappa shape index (κ3) is 4.03. The van der Waals surface area contributed by atoms with Crippen molar-refractivity contribution < 1.29 is 24.3 Å². The molecule has 1 aromatic carbocycles. The Morgan fingerprint density at radius 1 is 1.42 bits per heavy atom. The second-order valence-corrected chi connectivity index (χ2v) is 11.1. The number of oxime groups is 1. The van der Waals surface area contributed by atoms with E-state index in [0.29, 0.717) is 4.91 Å². The summed E-state index contributed by atoms with van der Waals surface area (Å²) in [5.74, 6) is -2.64. The number of fused-ring (bicyclic) bond motifs is 1. The van der Waals surface area contributed by atoms with Gasteiger partial charge in [0.1, 0.15) is 23.9 Å². The van der Waals surface area contributed by atoms with Gasteiger partial charge in [-0.05, 0) is 34.7 Å². The molecule has 0 aliphatic carbocycles. The van der Waals surface area contributed by atoms with Crippen LogP contribution in [0.3, 0.4) is 0 Å². The zero-order valence-electron chi connectivity index (χ0n) is 16.9. The number of hydrogen-bond acceptors (Lipinski definition) is 11. The number of anilines is 1. The number of hydrogen-bond donors (Lipinski definition) is 3. The Balaban J connectivity index is 1.69. The standard InChI is InChI=1S/C19H16IN5O5S3/c1-30-24-12(9-6-32-18(21)23-9)14(26)19(22)16(29)25-13(15(27)28)11(7-31-17(19)25)33-10-5-3-2-4-8(10)20/h2-6,17H,7,22H2,1H3,(H2,21,23)(H,27,28)/t17-,19?/m0/s1. The van der Waals surface area contributed by atoms with Crippen LogP contribution in [0.5, 0.6) is 0 Å². The number of rotatable bonds is 7. The van der Waals surface area contributed by atoms with E-state index in [1.807, 2.05) is 24.3 Å². The molecule has 172 valence electrons. The van der Waals surface area contributed by atoms with Crippen molar-refractivity contribution >= 4 is 86.0 Å². The molecule has 1 aromatic heterocycles. The smallest absolute Gasteiger partial charge is 0.353 e. The number of carbonyl (C=O) groups is 3. The van der Waals surface area contributed by atoms with E-state index in [1.54, 1.807) is 0 Å². The third-order valence-electron chi connectivity index (χ3n) is 4.88. The highest BCUT2D eigenvalue weighted by Crippen LogP contribution is 2.49. The molecule has 2 aliphatic rings. The molecule has 14 heteroatoms. The van der Waals surface area contributed by atoms with Gasteiger partial charge in [-0.15, -0.1) is 23.1 Å². The van der Waals surface area contributed by atoms with Crippen molar-refractivity contribution in [1.29, 1.82) is 0 Å². The number of aliphatic carboxylic acids is 1. The lowest BCUT2D eigenvalue weighted by Gasteiger charge is -2.54. The second-order valence-electron chi connectivity index (χ2n) is 6.84. The van der Waals surface area contributed by atoms with Crippen molar-refractivity contribution in [3.8, 4) is 0 Å². The number of halogens is 1. The van der Waals surface area contributed by atoms with Gasteiger partial charge in [-0.1, -0.05) is 29.1 Å². The molecule has 3 heterocycles. The summed E-state index contributed by atoms with van der Waals surface area (Å²) in [4.78, 5) is 50.0. The number of ketones is 1. The van der Waals surface area contributed by atoms with Crippen molar-refractivity contribution in [2.45, 2.75) is 15.8 Å². The SMILES string of the molecule is CON=C(C(=O)C1(N)C(=O)N2C(C(=O)O)=C(Sc3ccccc3I)CS[C@H]21)c1csc(N)n1. The minimum absolute atomic E-state index is 0.130. The molecular weight excluding hydrogens is 601 g/mol. The Morgan fingerprint density at radius 3 is 2.76 bits per heavy atom. The van der Waals surface area contributed by atoms with Crippen molar-refractivity contribution in [3.63, 3.8) is 0 Å². The molecule has 10 nitrogen and oxygen atoms in total. The van der Waals surface area contributed by atoms with Crippen LogP contribution in [0.1, 0.15) is 5.69 Å². The average Bonchev–Trinajstić information content (AvgIpc) is 3.22. The Kier molecular flexibility index (Phi) is 6.73. The predicted molar refractivity (Wildman–Crippen MR) is 135 cm³/mol. The molecule has 2 aromatic rings. The van der Waals surface area contributed by atoms with Crippen LogP contribution in [-0.4, -0.2) is 62.1 Å². The van der Waals surface area contributed by atoms with Crippen LogP contribution < -0.4 is 11.5 Å². The number of benzene rings is 1. The summed E-state index contributed by atoms with van der Waals surface area (Å²) in [6.07, 6.45) is 0. The van der Waals surface area contributed by atoms with Gasteiger partial charge in [0.15, 0.2) is 16.4 Å². The molecule has 0 saturated carbocycles. The Labute approximate surface area is 213 Å². The molecule has 2 atom stereocenters. The monoisotopic (exact) mass is 617 g/mol. The maximum absolute atomic E-state index is 13.4. The summed E-state index contributed by atoms with van der Waals surface area (Å²) in [7, 11) is 1.25. The first-order chi connectivity index (χ1) is 15.7. The number of aromatic nitrogens is 1. The van der Waals surface area contributed by atoms with Gasteiger partial charge in [0.2, 0.25) is 5.78 Å². The summed E-state index contributed by atoms with van der Waals surface area (Å²) in [5, 5.41) is 14.4. The van der Waals surface area contributed by atoms with Crippen LogP contribution in [0.15, 0.2) is 50.3 Å². The Hall–Kier alpha value is -2.14. The van der Waals surface area contributed by atoms with E-state index < -0.39 is 28.6 Å². The van der Waals surface area contributed by atoms with Gasteiger partial charge in [0.05, 0.1) is 0 Å². The summed E-state index contributed by atoms with van der Waals surface area (Å²) >= 11 is 5.75. The highest BCUT2D eigenvalue weighted by Gasteiger charge is 2.67. The van der Waals surface area contributed by atoms with Crippen LogP contribution >= 0.6 is 57.5 Å². The number of nitrogen functional groups attached to an aromatic ring is 1. The fraction of sp³-hybridized carbons (Fsp3) is 0.211. The molecule has 5 N–H and O–H groups in total. The maximum Gasteiger partial charge on any atom is 0.353 e. The van der Waals surface area contributed by atoms with Crippen LogP contribution in [0, 0.1) is 3.57 Å². The number of carbonyl (C=O) groups excluding carboxylic acids is 2. The van der Waals surface area contributed by atoms with E-state index in [2.05, 4.69) is 32.7 Å². The van der Waals surface area contributed by atoms with Crippen molar-refractivity contribution in [3.05, 3.63) is 49.5 Å². The zero-order chi connectivity index (χ0) is 23.9. The highest BCUT2D eigenvalue weighted by atomic mass is 127. The minimum Gasteiger partial charge on any atom is -0.477 e. The van der Waals surface area contributed by atoms with Crippen molar-refractivity contribution in [2.24, 2.45) is 10.9 Å². The van der Waals surface area contributed by atoms with Gasteiger partial charge in [0.25, 0.3) is 5.91 Å². The molecule has 1 amide bonds. The first-order valence-electron chi connectivity index (χ1n) is 9.20. The van der Waals surface area contributed by atoms with E-state index in [4.69, 9.17) is 16.3 Å². The van der Waals surface area contributed by atoms with Crippen molar-refractivity contribution in [2.75, 3.05) is 18.6 Å². The Morgan fingerprint density at radius 2 is 2.15 bits per heavy atom. The predicted octanol–water partition coefficient (Wildman–Crippen LogP) is 1.95. The summed E-state index contributed by atoms with van der Waals surface area (Å²) in [6, 6.07) is 7.51. The van der Waals surface area contributed by atoms with Crippen LogP contribution in [0.2, 0.25) is 0 Å². The number of thioether (sulfide) groups is 2. The largest absolute Gasteiger partial charge is 0.477 e.